The Morgan fingerprint density at radius 2 is 1.95 bits per heavy atom. The number of rotatable bonds is 9. The number of halogens is 3. The van der Waals surface area contributed by atoms with Crippen LogP contribution in [0.2, 0.25) is 0 Å². The van der Waals surface area contributed by atoms with Crippen LogP contribution in [0.1, 0.15) is 37.0 Å². The van der Waals surface area contributed by atoms with Gasteiger partial charge in [0.15, 0.2) is 5.03 Å². The topological polar surface area (TPSA) is 128 Å². The van der Waals surface area contributed by atoms with Crippen molar-refractivity contribution < 1.29 is 31.1 Å². The minimum absolute atomic E-state index is 0.0688. The molecule has 0 saturated carbocycles. The van der Waals surface area contributed by atoms with Gasteiger partial charge in [-0.05, 0) is 55.2 Å². The van der Waals surface area contributed by atoms with E-state index in [-0.39, 0.29) is 47.5 Å². The molecule has 9 nitrogen and oxygen atoms in total. The van der Waals surface area contributed by atoms with Crippen LogP contribution in [0.15, 0.2) is 53.6 Å². The number of hydrogen-bond acceptors (Lipinski definition) is 8. The molecule has 2 aromatic heterocycles. The van der Waals surface area contributed by atoms with Gasteiger partial charge in [0.2, 0.25) is 0 Å². The fourth-order valence-electron chi connectivity index (χ4n) is 4.19. The van der Waals surface area contributed by atoms with Gasteiger partial charge >= 0.3 is 0 Å². The van der Waals surface area contributed by atoms with Crippen molar-refractivity contribution in [2.75, 3.05) is 23.8 Å². The lowest BCUT2D eigenvalue weighted by Gasteiger charge is -2.27. The van der Waals surface area contributed by atoms with Crippen molar-refractivity contribution in [2.45, 2.75) is 44.2 Å². The average molecular weight is 564 g/mol. The van der Waals surface area contributed by atoms with E-state index in [2.05, 4.69) is 9.97 Å². The fourth-order valence-corrected chi connectivity index (χ4v) is 5.13. The summed E-state index contributed by atoms with van der Waals surface area (Å²) in [6, 6.07) is 9.31. The first-order chi connectivity index (χ1) is 18.4. The SMILES string of the molecule is CC(C)COc1cc(F)cc(-c2ccc(C(=O)NS(=O)(=O)c3cccc(N)n3)c(N3CCC[C@@H]3C(F)F)n2)c1. The van der Waals surface area contributed by atoms with Crippen LogP contribution in [0.5, 0.6) is 5.75 Å². The van der Waals surface area contributed by atoms with Gasteiger partial charge in [-0.25, -0.2) is 27.9 Å². The molecule has 1 aromatic carbocycles. The van der Waals surface area contributed by atoms with E-state index < -0.39 is 39.2 Å². The molecule has 0 unspecified atom stereocenters. The standard InChI is InChI=1S/C26H28F3N5O4S/c1-15(2)14-38-18-12-16(11-17(27)13-18)20-9-8-19(25(31-20)34-10-4-5-21(34)24(28)29)26(35)33-39(36,37)23-7-3-6-22(30)32-23/h3,6-9,11-13,15,21,24H,4-5,10,14H2,1-2H3,(H2,30,32)(H,33,35)/t21-/m1/s1. The minimum Gasteiger partial charge on any atom is -0.493 e. The quantitative estimate of drug-likeness (QED) is 0.396. The molecule has 1 aliphatic rings. The number of pyridine rings is 2. The number of carbonyl (C=O) groups excluding carboxylic acids is 1. The van der Waals surface area contributed by atoms with Crippen molar-refractivity contribution in [3.05, 3.63) is 59.9 Å². The Balaban J connectivity index is 1.75. The Bertz CT molecular complexity index is 1470. The van der Waals surface area contributed by atoms with Gasteiger partial charge < -0.3 is 15.4 Å². The predicted octanol–water partition coefficient (Wildman–Crippen LogP) is 4.25. The number of sulfonamides is 1. The van der Waals surface area contributed by atoms with Gasteiger partial charge in [-0.1, -0.05) is 19.9 Å². The summed E-state index contributed by atoms with van der Waals surface area (Å²) in [5, 5.41) is -0.484. The van der Waals surface area contributed by atoms with Crippen LogP contribution >= 0.6 is 0 Å². The average Bonchev–Trinajstić information content (AvgIpc) is 3.37. The molecule has 1 atom stereocenters. The molecule has 1 fully saturated rings. The largest absolute Gasteiger partial charge is 0.493 e. The van der Waals surface area contributed by atoms with E-state index in [0.717, 1.165) is 6.07 Å². The highest BCUT2D eigenvalue weighted by Gasteiger charge is 2.36. The number of alkyl halides is 2. The second-order valence-electron chi connectivity index (χ2n) is 9.52. The fraction of sp³-hybridized carbons (Fsp3) is 0.346. The molecule has 39 heavy (non-hydrogen) atoms. The number of nitrogens with one attached hydrogen (secondary N) is 1. The van der Waals surface area contributed by atoms with Crippen molar-refractivity contribution in [2.24, 2.45) is 5.92 Å². The van der Waals surface area contributed by atoms with Gasteiger partial charge in [0.25, 0.3) is 22.4 Å². The van der Waals surface area contributed by atoms with Gasteiger partial charge in [0.1, 0.15) is 23.2 Å². The van der Waals surface area contributed by atoms with Crippen LogP contribution in [0.4, 0.5) is 24.8 Å². The molecule has 0 bridgehead atoms. The normalized spacial score (nSPS) is 15.7. The third-order valence-corrected chi connectivity index (χ3v) is 7.21. The number of nitrogens with two attached hydrogens (primary N) is 1. The summed E-state index contributed by atoms with van der Waals surface area (Å²) >= 11 is 0. The number of benzene rings is 1. The summed E-state index contributed by atoms with van der Waals surface area (Å²) < 4.78 is 75.3. The molecule has 3 N–H and O–H groups in total. The third-order valence-electron chi connectivity index (χ3n) is 5.98. The molecule has 0 aliphatic carbocycles. The Labute approximate surface area is 224 Å². The summed E-state index contributed by atoms with van der Waals surface area (Å²) in [6.07, 6.45) is -2.16. The first-order valence-electron chi connectivity index (χ1n) is 12.2. The van der Waals surface area contributed by atoms with E-state index in [1.54, 1.807) is 6.07 Å². The Morgan fingerprint density at radius 1 is 1.18 bits per heavy atom. The van der Waals surface area contributed by atoms with Crippen LogP contribution in [0.25, 0.3) is 11.3 Å². The summed E-state index contributed by atoms with van der Waals surface area (Å²) in [4.78, 5) is 22.7. The Kier molecular flexibility index (Phi) is 8.28. The van der Waals surface area contributed by atoms with Gasteiger partial charge in [0, 0.05) is 18.2 Å². The lowest BCUT2D eigenvalue weighted by Crippen LogP contribution is -2.38. The van der Waals surface area contributed by atoms with E-state index in [1.807, 2.05) is 18.6 Å². The zero-order chi connectivity index (χ0) is 28.3. The van der Waals surface area contributed by atoms with Crippen molar-refractivity contribution in [3.8, 4) is 17.0 Å². The zero-order valence-electron chi connectivity index (χ0n) is 21.3. The number of hydrogen-bond donors (Lipinski definition) is 2. The molecular weight excluding hydrogens is 535 g/mol. The summed E-state index contributed by atoms with van der Waals surface area (Å²) in [5.41, 5.74) is 5.81. The first kappa shape index (κ1) is 28.1. The maximum Gasteiger partial charge on any atom is 0.281 e. The lowest BCUT2D eigenvalue weighted by molar-refractivity contribution is 0.0978. The second kappa shape index (κ2) is 11.5. The van der Waals surface area contributed by atoms with Crippen molar-refractivity contribution in [1.29, 1.82) is 0 Å². The van der Waals surface area contributed by atoms with Crippen LogP contribution in [-0.4, -0.2) is 49.9 Å². The number of anilines is 2. The summed E-state index contributed by atoms with van der Waals surface area (Å²) in [7, 11) is -4.44. The van der Waals surface area contributed by atoms with Crippen molar-refractivity contribution in [1.82, 2.24) is 14.7 Å². The molecule has 3 heterocycles. The molecule has 1 saturated heterocycles. The highest BCUT2D eigenvalue weighted by atomic mass is 32.2. The van der Waals surface area contributed by atoms with Gasteiger partial charge in [-0.3, -0.25) is 4.79 Å². The van der Waals surface area contributed by atoms with Gasteiger partial charge in [-0.2, -0.15) is 8.42 Å². The van der Waals surface area contributed by atoms with Crippen LogP contribution in [0.3, 0.4) is 0 Å². The summed E-state index contributed by atoms with van der Waals surface area (Å²) in [6.45, 7) is 4.40. The van der Waals surface area contributed by atoms with Crippen LogP contribution in [0, 0.1) is 11.7 Å². The lowest BCUT2D eigenvalue weighted by atomic mass is 10.1. The molecule has 13 heteroatoms. The predicted molar refractivity (Wildman–Crippen MR) is 140 cm³/mol. The number of ether oxygens (including phenoxy) is 1. The number of nitrogens with zero attached hydrogens (tertiary/aromatic N) is 3. The maximum atomic E-state index is 14.4. The van der Waals surface area contributed by atoms with Crippen molar-refractivity contribution in [3.63, 3.8) is 0 Å². The number of carbonyl (C=O) groups is 1. The van der Waals surface area contributed by atoms with Gasteiger partial charge in [0.05, 0.1) is 23.9 Å². The summed E-state index contributed by atoms with van der Waals surface area (Å²) in [5.74, 6) is -1.44. The highest BCUT2D eigenvalue weighted by Crippen LogP contribution is 2.33. The molecule has 0 radical (unpaired) electrons. The van der Waals surface area contributed by atoms with E-state index in [9.17, 15) is 26.4 Å². The molecule has 1 amide bonds. The van der Waals surface area contributed by atoms with E-state index in [1.165, 1.54) is 41.3 Å². The number of aromatic nitrogens is 2. The molecule has 4 rings (SSSR count). The monoisotopic (exact) mass is 563 g/mol. The molecular formula is C26H28F3N5O4S. The smallest absolute Gasteiger partial charge is 0.281 e. The molecule has 0 spiro atoms. The van der Waals surface area contributed by atoms with Gasteiger partial charge in [-0.15, -0.1) is 0 Å². The molecule has 3 aromatic rings. The van der Waals surface area contributed by atoms with E-state index >= 15 is 0 Å². The molecule has 1 aliphatic heterocycles. The Hall–Kier alpha value is -3.87. The third kappa shape index (κ3) is 6.59. The number of amides is 1. The molecule has 208 valence electrons. The first-order valence-corrected chi connectivity index (χ1v) is 13.7. The van der Waals surface area contributed by atoms with Crippen LogP contribution < -0.4 is 20.1 Å². The maximum absolute atomic E-state index is 14.4. The van der Waals surface area contributed by atoms with E-state index in [4.69, 9.17) is 10.5 Å². The van der Waals surface area contributed by atoms with E-state index in [0.29, 0.717) is 18.6 Å². The number of nitrogen functional groups attached to an aromatic ring is 1. The Morgan fingerprint density at radius 3 is 2.64 bits per heavy atom. The van der Waals surface area contributed by atoms with Crippen LogP contribution in [-0.2, 0) is 10.0 Å². The zero-order valence-corrected chi connectivity index (χ0v) is 22.1. The van der Waals surface area contributed by atoms with Crippen molar-refractivity contribution >= 4 is 27.6 Å². The highest BCUT2D eigenvalue weighted by molar-refractivity contribution is 7.90. The second-order valence-corrected chi connectivity index (χ2v) is 11.2. The minimum atomic E-state index is -4.44.